The van der Waals surface area contributed by atoms with Gasteiger partial charge in [-0.2, -0.15) is 0 Å². The van der Waals surface area contributed by atoms with Gasteiger partial charge in [0.15, 0.2) is 5.82 Å². The van der Waals surface area contributed by atoms with Crippen molar-refractivity contribution in [3.63, 3.8) is 0 Å². The molecular formula is C17H22N4OS. The van der Waals surface area contributed by atoms with Crippen LogP contribution in [0.1, 0.15) is 32.2 Å². The smallest absolute Gasteiger partial charge is 0.153 e. The first-order valence-electron chi connectivity index (χ1n) is 7.31. The lowest BCUT2D eigenvalue weighted by Crippen LogP contribution is -2.33. The number of anilines is 3. The Labute approximate surface area is 140 Å². The third-order valence-corrected chi connectivity index (χ3v) is 4.60. The molecule has 2 rings (SSSR count). The maximum absolute atomic E-state index is 12.2. The molecule has 0 radical (unpaired) electrons. The van der Waals surface area contributed by atoms with Crippen LogP contribution in [0.5, 0.6) is 0 Å². The van der Waals surface area contributed by atoms with Gasteiger partial charge in [-0.25, -0.2) is 14.7 Å². The van der Waals surface area contributed by atoms with Gasteiger partial charge in [-0.3, -0.25) is 0 Å². The van der Waals surface area contributed by atoms with Gasteiger partial charge in [0.1, 0.15) is 10.6 Å². The quantitative estimate of drug-likeness (QED) is 0.809. The molecule has 0 spiro atoms. The van der Waals surface area contributed by atoms with E-state index < -0.39 is 11.4 Å². The lowest BCUT2D eigenvalue weighted by Gasteiger charge is -2.24. The summed E-state index contributed by atoms with van der Waals surface area (Å²) in [5.74, 6) is 1.30. The highest BCUT2D eigenvalue weighted by molar-refractivity contribution is 7.94. The summed E-state index contributed by atoms with van der Waals surface area (Å²) in [5.41, 5.74) is 2.59. The van der Waals surface area contributed by atoms with E-state index in [1.54, 1.807) is 12.3 Å². The van der Waals surface area contributed by atoms with E-state index in [0.717, 1.165) is 22.8 Å². The Bertz CT molecular complexity index is 697. The van der Waals surface area contributed by atoms with Crippen LogP contribution in [0.25, 0.3) is 6.08 Å². The van der Waals surface area contributed by atoms with Crippen LogP contribution in [-0.2, 0) is 11.4 Å². The van der Waals surface area contributed by atoms with Crippen molar-refractivity contribution in [1.82, 2.24) is 9.97 Å². The first-order chi connectivity index (χ1) is 10.8. The first kappa shape index (κ1) is 17.3. The third kappa shape index (κ3) is 4.71. The second kappa shape index (κ2) is 7.02. The van der Waals surface area contributed by atoms with Crippen molar-refractivity contribution in [2.75, 3.05) is 10.0 Å². The Morgan fingerprint density at radius 3 is 2.61 bits per heavy atom. The molecule has 23 heavy (non-hydrogen) atoms. The van der Waals surface area contributed by atoms with Crippen LogP contribution in [0.3, 0.4) is 0 Å². The minimum absolute atomic E-state index is 0.328. The van der Waals surface area contributed by atoms with E-state index in [2.05, 4.69) is 26.6 Å². The van der Waals surface area contributed by atoms with E-state index in [-0.39, 0.29) is 4.75 Å². The van der Waals surface area contributed by atoms with Gasteiger partial charge >= 0.3 is 0 Å². The average molecular weight is 330 g/mol. The number of aryl methyl sites for hydroxylation is 1. The molecular weight excluding hydrogens is 308 g/mol. The van der Waals surface area contributed by atoms with Gasteiger partial charge in [0.2, 0.25) is 0 Å². The number of benzene rings is 1. The van der Waals surface area contributed by atoms with Gasteiger partial charge in [0.25, 0.3) is 0 Å². The molecule has 1 aromatic heterocycles. The van der Waals surface area contributed by atoms with Gasteiger partial charge in [-0.1, -0.05) is 12.6 Å². The molecule has 1 heterocycles. The van der Waals surface area contributed by atoms with E-state index in [1.807, 2.05) is 52.0 Å². The lowest BCUT2D eigenvalue weighted by molar-refractivity contribution is 0.565. The number of hydrogen-bond acceptors (Lipinski definition) is 5. The summed E-state index contributed by atoms with van der Waals surface area (Å²) < 4.78 is 14.9. The van der Waals surface area contributed by atoms with Crippen LogP contribution in [0.2, 0.25) is 0 Å². The summed E-state index contributed by atoms with van der Waals surface area (Å²) in [7, 11) is 0. The van der Waals surface area contributed by atoms with E-state index >= 15 is 0 Å². The fourth-order valence-corrected chi connectivity index (χ4v) is 2.39. The molecule has 0 amide bonds. The van der Waals surface area contributed by atoms with Crippen molar-refractivity contribution in [3.05, 3.63) is 48.4 Å². The zero-order valence-corrected chi connectivity index (χ0v) is 14.7. The van der Waals surface area contributed by atoms with Crippen molar-refractivity contribution in [2.24, 2.45) is 0 Å². The predicted octanol–water partition coefficient (Wildman–Crippen LogP) is 4.05. The highest BCUT2D eigenvalue weighted by atomic mass is 32.2. The number of hydrogen-bond donors (Lipinski definition) is 2. The molecule has 0 aliphatic carbocycles. The van der Waals surface area contributed by atoms with Crippen LogP contribution < -0.4 is 10.0 Å². The largest absolute Gasteiger partial charge is 0.593 e. The summed E-state index contributed by atoms with van der Waals surface area (Å²) in [5, 5.41) is 3.26. The van der Waals surface area contributed by atoms with E-state index in [9.17, 15) is 4.55 Å². The molecule has 0 saturated heterocycles. The molecule has 2 aromatic rings. The molecule has 0 saturated carbocycles. The van der Waals surface area contributed by atoms with E-state index in [4.69, 9.17) is 0 Å². The van der Waals surface area contributed by atoms with Crippen LogP contribution in [0, 0.1) is 6.92 Å². The number of nitrogens with zero attached hydrogens (tertiary/aromatic N) is 2. The molecule has 6 heteroatoms. The summed E-state index contributed by atoms with van der Waals surface area (Å²) in [6.07, 6.45) is 3.36. The zero-order valence-electron chi connectivity index (χ0n) is 13.9. The van der Waals surface area contributed by atoms with Crippen molar-refractivity contribution in [1.29, 1.82) is 0 Å². The Morgan fingerprint density at radius 2 is 1.96 bits per heavy atom. The van der Waals surface area contributed by atoms with Crippen molar-refractivity contribution in [2.45, 2.75) is 32.4 Å². The normalized spacial score (nSPS) is 12.6. The van der Waals surface area contributed by atoms with Gasteiger partial charge < -0.3 is 9.87 Å². The molecule has 0 fully saturated rings. The van der Waals surface area contributed by atoms with E-state index in [0.29, 0.717) is 5.82 Å². The number of aromatic nitrogens is 2. The SMILES string of the molecule is C=Cc1ncc(C)c(Nc2cccc(N[S+]([O-])C(C)(C)C)c2)n1. The van der Waals surface area contributed by atoms with Crippen LogP contribution in [0.15, 0.2) is 37.0 Å². The van der Waals surface area contributed by atoms with Crippen LogP contribution in [0.4, 0.5) is 17.2 Å². The summed E-state index contributed by atoms with van der Waals surface area (Å²) in [4.78, 5) is 8.56. The third-order valence-electron chi connectivity index (χ3n) is 3.06. The highest BCUT2D eigenvalue weighted by Crippen LogP contribution is 2.24. The van der Waals surface area contributed by atoms with Crippen molar-refractivity contribution in [3.8, 4) is 0 Å². The van der Waals surface area contributed by atoms with Gasteiger partial charge in [-0.05, 0) is 52.0 Å². The molecule has 2 N–H and O–H groups in total. The summed E-state index contributed by atoms with van der Waals surface area (Å²) in [6.45, 7) is 11.4. The lowest BCUT2D eigenvalue weighted by atomic mass is 10.2. The molecule has 1 unspecified atom stereocenters. The van der Waals surface area contributed by atoms with Crippen molar-refractivity contribution >= 4 is 34.6 Å². The molecule has 0 bridgehead atoms. The Hall–Kier alpha value is -2.05. The topological polar surface area (TPSA) is 72.9 Å². The summed E-state index contributed by atoms with van der Waals surface area (Å²) in [6, 6.07) is 7.62. The number of nitrogens with one attached hydrogen (secondary N) is 2. The molecule has 1 aromatic carbocycles. The monoisotopic (exact) mass is 330 g/mol. The first-order valence-corrected chi connectivity index (χ1v) is 8.46. The van der Waals surface area contributed by atoms with Crippen LogP contribution >= 0.6 is 0 Å². The fourth-order valence-electron chi connectivity index (χ4n) is 1.74. The molecule has 122 valence electrons. The maximum atomic E-state index is 12.2. The van der Waals surface area contributed by atoms with Gasteiger partial charge in [0.05, 0.1) is 17.0 Å². The average Bonchev–Trinajstić information content (AvgIpc) is 2.49. The standard InChI is InChI=1S/C17H22N4OS/c1-6-15-18-11-12(2)16(20-15)19-13-8-7-9-14(10-13)21-23(22)17(3,4)5/h6-11,21H,1H2,2-5H3,(H,18,19,20). The Morgan fingerprint density at radius 1 is 1.26 bits per heavy atom. The minimum Gasteiger partial charge on any atom is -0.593 e. The number of rotatable bonds is 5. The van der Waals surface area contributed by atoms with E-state index in [1.165, 1.54) is 0 Å². The van der Waals surface area contributed by atoms with Crippen molar-refractivity contribution < 1.29 is 4.55 Å². The predicted molar refractivity (Wildman–Crippen MR) is 98.1 cm³/mol. The second-order valence-electron chi connectivity index (χ2n) is 6.15. The Kier molecular flexibility index (Phi) is 5.28. The fraction of sp³-hybridized carbons (Fsp3) is 0.294. The summed E-state index contributed by atoms with van der Waals surface area (Å²) >= 11 is -1.17. The zero-order chi connectivity index (χ0) is 17.0. The molecule has 0 aliphatic rings. The minimum atomic E-state index is -1.17. The molecule has 5 nitrogen and oxygen atoms in total. The Balaban J connectivity index is 2.19. The van der Waals surface area contributed by atoms with Gasteiger partial charge in [0, 0.05) is 17.4 Å². The van der Waals surface area contributed by atoms with Gasteiger partial charge in [-0.15, -0.1) is 0 Å². The molecule has 1 atom stereocenters. The second-order valence-corrected chi connectivity index (χ2v) is 8.12. The molecule has 0 aliphatic heterocycles. The highest BCUT2D eigenvalue weighted by Gasteiger charge is 2.26. The maximum Gasteiger partial charge on any atom is 0.153 e. The van der Waals surface area contributed by atoms with Crippen LogP contribution in [-0.4, -0.2) is 19.3 Å².